The van der Waals surface area contributed by atoms with Gasteiger partial charge in [-0.1, -0.05) is 83.8 Å². The van der Waals surface area contributed by atoms with Crippen LogP contribution >= 0.6 is 0 Å². The van der Waals surface area contributed by atoms with Crippen LogP contribution < -0.4 is 0 Å². The van der Waals surface area contributed by atoms with Gasteiger partial charge in [0.1, 0.15) is 0 Å². The number of rotatable bonds is 17. The van der Waals surface area contributed by atoms with E-state index in [0.717, 1.165) is 25.9 Å². The lowest BCUT2D eigenvalue weighted by Gasteiger charge is -2.15. The first-order valence-electron chi connectivity index (χ1n) is 9.72. The quantitative estimate of drug-likeness (QED) is 0.262. The lowest BCUT2D eigenvalue weighted by molar-refractivity contribution is 0.00596. The van der Waals surface area contributed by atoms with Gasteiger partial charge < -0.3 is 9.84 Å². The SMILES string of the molecule is CCC/C=C\CCCOC(CO)CCCCCCCCCC. The van der Waals surface area contributed by atoms with E-state index in [0.29, 0.717) is 0 Å². The van der Waals surface area contributed by atoms with Gasteiger partial charge in [-0.2, -0.15) is 0 Å². The smallest absolute Gasteiger partial charge is 0.0805 e. The molecule has 0 rings (SSSR count). The normalized spacial score (nSPS) is 13.0. The van der Waals surface area contributed by atoms with Crippen molar-refractivity contribution in [2.75, 3.05) is 13.2 Å². The Labute approximate surface area is 139 Å². The summed E-state index contributed by atoms with van der Waals surface area (Å²) in [7, 11) is 0. The summed E-state index contributed by atoms with van der Waals surface area (Å²) in [5.41, 5.74) is 0. The topological polar surface area (TPSA) is 29.5 Å². The van der Waals surface area contributed by atoms with Crippen LogP contribution in [0, 0.1) is 0 Å². The van der Waals surface area contributed by atoms with Gasteiger partial charge in [0, 0.05) is 6.61 Å². The molecule has 0 fully saturated rings. The molecule has 0 saturated carbocycles. The second kappa shape index (κ2) is 18.7. The van der Waals surface area contributed by atoms with E-state index in [4.69, 9.17) is 4.74 Å². The summed E-state index contributed by atoms with van der Waals surface area (Å²) in [6, 6.07) is 0. The Balaban J connectivity index is 3.36. The van der Waals surface area contributed by atoms with E-state index in [-0.39, 0.29) is 12.7 Å². The average Bonchev–Trinajstić information content (AvgIpc) is 2.54. The molecule has 0 aromatic rings. The number of unbranched alkanes of at least 4 members (excludes halogenated alkanes) is 9. The Bertz CT molecular complexity index is 226. The molecule has 0 saturated heterocycles. The van der Waals surface area contributed by atoms with Crippen LogP contribution in [0.2, 0.25) is 0 Å². The van der Waals surface area contributed by atoms with Gasteiger partial charge in [0.2, 0.25) is 0 Å². The fraction of sp³-hybridized carbons (Fsp3) is 0.900. The van der Waals surface area contributed by atoms with Gasteiger partial charge in [0.15, 0.2) is 0 Å². The Morgan fingerprint density at radius 3 is 2.05 bits per heavy atom. The summed E-state index contributed by atoms with van der Waals surface area (Å²) >= 11 is 0. The second-order valence-electron chi connectivity index (χ2n) is 6.34. The van der Waals surface area contributed by atoms with Gasteiger partial charge in [0.25, 0.3) is 0 Å². The van der Waals surface area contributed by atoms with Gasteiger partial charge in [0.05, 0.1) is 12.7 Å². The molecule has 1 unspecified atom stereocenters. The van der Waals surface area contributed by atoms with E-state index in [1.807, 2.05) is 0 Å². The molecule has 1 N–H and O–H groups in total. The molecule has 0 amide bonds. The molecule has 0 radical (unpaired) electrons. The summed E-state index contributed by atoms with van der Waals surface area (Å²) < 4.78 is 5.77. The largest absolute Gasteiger partial charge is 0.394 e. The van der Waals surface area contributed by atoms with Gasteiger partial charge in [-0.25, -0.2) is 0 Å². The molecule has 0 bridgehead atoms. The van der Waals surface area contributed by atoms with Gasteiger partial charge in [-0.05, 0) is 25.7 Å². The highest BCUT2D eigenvalue weighted by atomic mass is 16.5. The minimum Gasteiger partial charge on any atom is -0.394 e. The zero-order valence-electron chi connectivity index (χ0n) is 15.2. The van der Waals surface area contributed by atoms with Crippen LogP contribution in [0.4, 0.5) is 0 Å². The number of aliphatic hydroxyl groups excluding tert-OH is 1. The van der Waals surface area contributed by atoms with Crippen molar-refractivity contribution in [2.45, 2.75) is 103 Å². The molecule has 2 nitrogen and oxygen atoms in total. The monoisotopic (exact) mass is 312 g/mol. The fourth-order valence-corrected chi connectivity index (χ4v) is 2.59. The van der Waals surface area contributed by atoms with Crippen LogP contribution in [0.5, 0.6) is 0 Å². The highest BCUT2D eigenvalue weighted by molar-refractivity contribution is 4.80. The molecule has 0 aromatic carbocycles. The van der Waals surface area contributed by atoms with Gasteiger partial charge >= 0.3 is 0 Å². The molecule has 2 heteroatoms. The van der Waals surface area contributed by atoms with Gasteiger partial charge in [-0.15, -0.1) is 0 Å². The fourth-order valence-electron chi connectivity index (χ4n) is 2.59. The third-order valence-electron chi connectivity index (χ3n) is 4.07. The van der Waals surface area contributed by atoms with Crippen molar-refractivity contribution in [3.8, 4) is 0 Å². The summed E-state index contributed by atoms with van der Waals surface area (Å²) in [5.74, 6) is 0. The maximum absolute atomic E-state index is 9.36. The summed E-state index contributed by atoms with van der Waals surface area (Å²) in [4.78, 5) is 0. The lowest BCUT2D eigenvalue weighted by atomic mass is 10.1. The molecule has 22 heavy (non-hydrogen) atoms. The van der Waals surface area contributed by atoms with E-state index in [2.05, 4.69) is 26.0 Å². The number of allylic oxidation sites excluding steroid dienone is 2. The molecule has 132 valence electrons. The zero-order chi connectivity index (χ0) is 16.3. The number of ether oxygens (including phenoxy) is 1. The van der Waals surface area contributed by atoms with Crippen molar-refractivity contribution in [3.05, 3.63) is 12.2 Å². The lowest BCUT2D eigenvalue weighted by Crippen LogP contribution is -2.18. The number of hydrogen-bond donors (Lipinski definition) is 1. The number of hydrogen-bond acceptors (Lipinski definition) is 2. The van der Waals surface area contributed by atoms with Crippen molar-refractivity contribution in [2.24, 2.45) is 0 Å². The standard InChI is InChI=1S/C20H40O2/c1-3-5-7-9-11-12-13-15-17-20(19-21)22-18-16-14-10-8-6-4-2/h8,10,20-21H,3-7,9,11-19H2,1-2H3/b10-8-. The minimum atomic E-state index is 0.0553. The molecular formula is C20H40O2. The van der Waals surface area contributed by atoms with Crippen molar-refractivity contribution >= 4 is 0 Å². The minimum absolute atomic E-state index is 0.0553. The van der Waals surface area contributed by atoms with Crippen molar-refractivity contribution in [3.63, 3.8) is 0 Å². The maximum atomic E-state index is 9.36. The Kier molecular flexibility index (Phi) is 18.4. The van der Waals surface area contributed by atoms with E-state index < -0.39 is 0 Å². The summed E-state index contributed by atoms with van der Waals surface area (Å²) in [5, 5.41) is 9.36. The molecule has 1 atom stereocenters. The highest BCUT2D eigenvalue weighted by Gasteiger charge is 2.06. The molecule has 0 aliphatic carbocycles. The highest BCUT2D eigenvalue weighted by Crippen LogP contribution is 2.12. The van der Waals surface area contributed by atoms with Crippen LogP contribution in [-0.4, -0.2) is 24.4 Å². The predicted molar refractivity (Wildman–Crippen MR) is 97.3 cm³/mol. The Morgan fingerprint density at radius 1 is 0.773 bits per heavy atom. The van der Waals surface area contributed by atoms with Crippen molar-refractivity contribution < 1.29 is 9.84 Å². The molecule has 0 aliphatic rings. The van der Waals surface area contributed by atoms with Gasteiger partial charge in [-0.3, -0.25) is 0 Å². The van der Waals surface area contributed by atoms with Crippen LogP contribution in [0.25, 0.3) is 0 Å². The Hall–Kier alpha value is -0.340. The Morgan fingerprint density at radius 2 is 1.41 bits per heavy atom. The second-order valence-corrected chi connectivity index (χ2v) is 6.34. The third kappa shape index (κ3) is 16.0. The summed E-state index contributed by atoms with van der Waals surface area (Å²) in [6.45, 7) is 5.40. The van der Waals surface area contributed by atoms with Crippen LogP contribution in [0.15, 0.2) is 12.2 Å². The van der Waals surface area contributed by atoms with Crippen LogP contribution in [0.1, 0.15) is 97.3 Å². The zero-order valence-corrected chi connectivity index (χ0v) is 15.2. The predicted octanol–water partition coefficient (Wildman–Crippen LogP) is 6.03. The van der Waals surface area contributed by atoms with Crippen molar-refractivity contribution in [1.82, 2.24) is 0 Å². The molecule has 0 spiro atoms. The molecule has 0 aromatic heterocycles. The van der Waals surface area contributed by atoms with Crippen molar-refractivity contribution in [1.29, 1.82) is 0 Å². The van der Waals surface area contributed by atoms with E-state index in [1.54, 1.807) is 0 Å². The molecule has 0 heterocycles. The van der Waals surface area contributed by atoms with Crippen LogP contribution in [0.3, 0.4) is 0 Å². The molecular weight excluding hydrogens is 272 g/mol. The first-order chi connectivity index (χ1) is 10.8. The number of aliphatic hydroxyl groups is 1. The van der Waals surface area contributed by atoms with E-state index in [1.165, 1.54) is 64.2 Å². The van der Waals surface area contributed by atoms with E-state index in [9.17, 15) is 5.11 Å². The average molecular weight is 313 g/mol. The third-order valence-corrected chi connectivity index (χ3v) is 4.07. The first kappa shape index (κ1) is 21.7. The first-order valence-corrected chi connectivity index (χ1v) is 9.72. The van der Waals surface area contributed by atoms with Crippen LogP contribution in [-0.2, 0) is 4.74 Å². The molecule has 0 aliphatic heterocycles. The van der Waals surface area contributed by atoms with E-state index >= 15 is 0 Å². The maximum Gasteiger partial charge on any atom is 0.0805 e. The summed E-state index contributed by atoms with van der Waals surface area (Å²) in [6.07, 6.45) is 20.8.